The highest BCUT2D eigenvalue weighted by atomic mass is 32.2. The van der Waals surface area contributed by atoms with Gasteiger partial charge in [-0.1, -0.05) is 74.1 Å². The van der Waals surface area contributed by atoms with Crippen molar-refractivity contribution in [3.05, 3.63) is 60.7 Å². The fourth-order valence-corrected chi connectivity index (χ4v) is 3.41. The minimum Gasteiger partial charge on any atom is -0.272 e. The molecule has 29 heavy (non-hydrogen) atoms. The minimum absolute atomic E-state index is 0.165. The molecule has 1 N–H and O–H groups in total. The number of rotatable bonds is 8. The van der Waals surface area contributed by atoms with E-state index in [1.165, 1.54) is 11.8 Å². The quantitative estimate of drug-likeness (QED) is 0.337. The van der Waals surface area contributed by atoms with Crippen molar-refractivity contribution in [3.63, 3.8) is 0 Å². The van der Waals surface area contributed by atoms with E-state index in [1.807, 2.05) is 72.2 Å². The maximum absolute atomic E-state index is 12.3. The lowest BCUT2D eigenvalue weighted by atomic mass is 10.1. The van der Waals surface area contributed by atoms with E-state index in [1.54, 1.807) is 0 Å². The molecule has 1 heterocycles. The highest BCUT2D eigenvalue weighted by molar-refractivity contribution is 7.99. The molecule has 0 unspecified atom stereocenters. The van der Waals surface area contributed by atoms with E-state index in [4.69, 9.17) is 0 Å². The van der Waals surface area contributed by atoms with Gasteiger partial charge in [0, 0.05) is 17.0 Å². The van der Waals surface area contributed by atoms with Gasteiger partial charge in [-0.05, 0) is 31.4 Å². The van der Waals surface area contributed by atoms with Gasteiger partial charge in [-0.2, -0.15) is 5.10 Å². The zero-order valence-corrected chi connectivity index (χ0v) is 17.7. The SMILES string of the molecule is CC[C@@H](C)/C(C)=N\NC(=O)CSc1nnc(-c2ccccc2)n1-c1ccccc1. The first-order chi connectivity index (χ1) is 14.1. The average Bonchev–Trinajstić information content (AvgIpc) is 3.20. The molecule has 1 amide bonds. The van der Waals surface area contributed by atoms with Crippen LogP contribution in [-0.4, -0.2) is 32.1 Å². The smallest absolute Gasteiger partial charge is 0.250 e. The molecule has 0 radical (unpaired) electrons. The topological polar surface area (TPSA) is 72.2 Å². The van der Waals surface area contributed by atoms with E-state index in [0.717, 1.165) is 29.2 Å². The zero-order valence-electron chi connectivity index (χ0n) is 16.9. The monoisotopic (exact) mass is 407 g/mol. The Balaban J connectivity index is 1.80. The van der Waals surface area contributed by atoms with Crippen LogP contribution >= 0.6 is 11.8 Å². The number of aromatic nitrogens is 3. The van der Waals surface area contributed by atoms with Crippen LogP contribution in [0.3, 0.4) is 0 Å². The number of para-hydroxylation sites is 1. The van der Waals surface area contributed by atoms with Gasteiger partial charge < -0.3 is 0 Å². The molecule has 6 nitrogen and oxygen atoms in total. The van der Waals surface area contributed by atoms with Crippen LogP contribution in [-0.2, 0) is 4.79 Å². The van der Waals surface area contributed by atoms with Crippen LogP contribution < -0.4 is 5.43 Å². The predicted molar refractivity (Wildman–Crippen MR) is 118 cm³/mol. The molecule has 0 aliphatic heterocycles. The van der Waals surface area contributed by atoms with Gasteiger partial charge in [-0.3, -0.25) is 9.36 Å². The van der Waals surface area contributed by atoms with Crippen LogP contribution in [0.5, 0.6) is 0 Å². The summed E-state index contributed by atoms with van der Waals surface area (Å²) in [5, 5.41) is 13.6. The standard InChI is InChI=1S/C22H25N5OS/c1-4-16(2)17(3)23-24-20(28)15-29-22-26-25-21(18-11-7-5-8-12-18)27(22)19-13-9-6-10-14-19/h5-14,16H,4,15H2,1-3H3,(H,24,28)/b23-17-/t16-/m1/s1. The van der Waals surface area contributed by atoms with Crippen LogP contribution in [0.25, 0.3) is 17.1 Å². The first-order valence-electron chi connectivity index (χ1n) is 9.62. The summed E-state index contributed by atoms with van der Waals surface area (Å²) in [5.41, 5.74) is 5.47. The number of benzene rings is 2. The summed E-state index contributed by atoms with van der Waals surface area (Å²) in [7, 11) is 0. The van der Waals surface area contributed by atoms with Gasteiger partial charge in [-0.25, -0.2) is 5.43 Å². The molecule has 0 saturated heterocycles. The van der Waals surface area contributed by atoms with Crippen LogP contribution in [0.4, 0.5) is 0 Å². The molecule has 1 atom stereocenters. The van der Waals surface area contributed by atoms with Gasteiger partial charge in [0.05, 0.1) is 5.75 Å². The van der Waals surface area contributed by atoms with Crippen molar-refractivity contribution in [3.8, 4) is 17.1 Å². The van der Waals surface area contributed by atoms with Crippen molar-refractivity contribution in [2.45, 2.75) is 32.3 Å². The lowest BCUT2D eigenvalue weighted by molar-refractivity contribution is -0.118. The molecule has 7 heteroatoms. The Morgan fingerprint density at radius 3 is 2.41 bits per heavy atom. The molecule has 0 saturated carbocycles. The molecule has 0 aliphatic rings. The molecule has 0 bridgehead atoms. The molecule has 1 aromatic heterocycles. The second-order valence-electron chi connectivity index (χ2n) is 6.73. The van der Waals surface area contributed by atoms with Crippen LogP contribution in [0.15, 0.2) is 70.9 Å². The molecule has 0 aliphatic carbocycles. The third kappa shape index (κ3) is 5.32. The highest BCUT2D eigenvalue weighted by Gasteiger charge is 2.17. The van der Waals surface area contributed by atoms with Crippen molar-refractivity contribution in [1.82, 2.24) is 20.2 Å². The normalized spacial score (nSPS) is 12.6. The van der Waals surface area contributed by atoms with E-state index in [0.29, 0.717) is 11.1 Å². The number of thioether (sulfide) groups is 1. The third-order valence-corrected chi connectivity index (χ3v) is 5.62. The van der Waals surface area contributed by atoms with Crippen molar-refractivity contribution in [2.24, 2.45) is 11.0 Å². The van der Waals surface area contributed by atoms with Gasteiger partial charge in [0.2, 0.25) is 0 Å². The lowest BCUT2D eigenvalue weighted by Gasteiger charge is -2.10. The summed E-state index contributed by atoms with van der Waals surface area (Å²) < 4.78 is 1.97. The molecular weight excluding hydrogens is 382 g/mol. The number of carbonyl (C=O) groups excluding carboxylic acids is 1. The molecule has 3 aromatic rings. The van der Waals surface area contributed by atoms with Crippen LogP contribution in [0.1, 0.15) is 27.2 Å². The van der Waals surface area contributed by atoms with E-state index >= 15 is 0 Å². The lowest BCUT2D eigenvalue weighted by Crippen LogP contribution is -2.22. The summed E-state index contributed by atoms with van der Waals surface area (Å²) in [6.07, 6.45) is 0.988. The fourth-order valence-electron chi connectivity index (χ4n) is 2.67. The summed E-state index contributed by atoms with van der Waals surface area (Å²) in [6, 6.07) is 19.8. The minimum atomic E-state index is -0.165. The fraction of sp³-hybridized carbons (Fsp3) is 0.273. The Bertz CT molecular complexity index is 969. The van der Waals surface area contributed by atoms with Crippen molar-refractivity contribution >= 4 is 23.4 Å². The predicted octanol–water partition coefficient (Wildman–Crippen LogP) is 4.56. The van der Waals surface area contributed by atoms with Gasteiger partial charge >= 0.3 is 0 Å². The second-order valence-corrected chi connectivity index (χ2v) is 7.67. The van der Waals surface area contributed by atoms with Gasteiger partial charge in [0.1, 0.15) is 0 Å². The molecule has 0 fully saturated rings. The van der Waals surface area contributed by atoms with E-state index in [-0.39, 0.29) is 11.7 Å². The molecule has 150 valence electrons. The number of nitrogens with one attached hydrogen (secondary N) is 1. The van der Waals surface area contributed by atoms with Crippen molar-refractivity contribution < 1.29 is 4.79 Å². The van der Waals surface area contributed by atoms with Gasteiger partial charge in [0.25, 0.3) is 5.91 Å². The van der Waals surface area contributed by atoms with E-state index < -0.39 is 0 Å². The summed E-state index contributed by atoms with van der Waals surface area (Å²) >= 11 is 1.34. The number of hydrazone groups is 1. The first-order valence-corrected chi connectivity index (χ1v) is 10.6. The highest BCUT2D eigenvalue weighted by Crippen LogP contribution is 2.27. The number of hydrogen-bond acceptors (Lipinski definition) is 5. The van der Waals surface area contributed by atoms with Crippen LogP contribution in [0.2, 0.25) is 0 Å². The number of carbonyl (C=O) groups is 1. The number of amides is 1. The molecule has 3 rings (SSSR count). The van der Waals surface area contributed by atoms with Gasteiger partial charge in [-0.15, -0.1) is 10.2 Å². The summed E-state index contributed by atoms with van der Waals surface area (Å²) in [4.78, 5) is 12.3. The summed E-state index contributed by atoms with van der Waals surface area (Å²) in [6.45, 7) is 6.12. The summed E-state index contributed by atoms with van der Waals surface area (Å²) in [5.74, 6) is 1.13. The average molecular weight is 408 g/mol. The Morgan fingerprint density at radius 1 is 1.10 bits per heavy atom. The second kappa shape index (κ2) is 10.0. The van der Waals surface area contributed by atoms with E-state index in [9.17, 15) is 4.79 Å². The molecule has 2 aromatic carbocycles. The van der Waals surface area contributed by atoms with Crippen molar-refractivity contribution in [2.75, 3.05) is 5.75 Å². The first kappa shape index (κ1) is 20.8. The Kier molecular flexibility index (Phi) is 7.19. The number of nitrogens with zero attached hydrogens (tertiary/aromatic N) is 4. The largest absolute Gasteiger partial charge is 0.272 e. The Morgan fingerprint density at radius 2 is 1.76 bits per heavy atom. The van der Waals surface area contributed by atoms with Gasteiger partial charge in [0.15, 0.2) is 11.0 Å². The third-order valence-electron chi connectivity index (χ3n) is 4.69. The maximum atomic E-state index is 12.3. The molecular formula is C22H25N5OS. The zero-order chi connectivity index (χ0) is 20.6. The maximum Gasteiger partial charge on any atom is 0.250 e. The molecule has 0 spiro atoms. The Hall–Kier alpha value is -2.93. The van der Waals surface area contributed by atoms with Crippen molar-refractivity contribution in [1.29, 1.82) is 0 Å². The number of hydrogen-bond donors (Lipinski definition) is 1. The van der Waals surface area contributed by atoms with Crippen LogP contribution in [0, 0.1) is 5.92 Å². The Labute approximate surface area is 175 Å². The van der Waals surface area contributed by atoms with E-state index in [2.05, 4.69) is 34.6 Å².